The van der Waals surface area contributed by atoms with Crippen molar-refractivity contribution in [3.63, 3.8) is 0 Å². The lowest BCUT2D eigenvalue weighted by molar-refractivity contribution is -0.143. The Morgan fingerprint density at radius 3 is 2.12 bits per heavy atom. The minimum Gasteiger partial charge on any atom is -0.468 e. The van der Waals surface area contributed by atoms with E-state index in [4.69, 9.17) is 27.9 Å². The SMILES string of the molecule is COC(=O)/C=C/c1c(C2(C(=O)OC)CC2)c(C#N)nn1-c1c(Cl)cc(S(F)(F)(F)(F)F)cc1Cl. The van der Waals surface area contributed by atoms with Crippen molar-refractivity contribution in [2.45, 2.75) is 23.2 Å². The maximum atomic E-state index is 13.3. The molecule has 1 aliphatic rings. The standard InChI is InChI=1S/C19H14Cl2F5N3O4S/c1-32-15(30)4-3-14-16(19(5-6-19)18(31)33-2)13(9-27)28-29(14)17-11(20)7-10(8-12(17)21)34(22,23,24,25)26/h3-4,7-8H,5-6H2,1-2H3/b4-3+. The molecular weight excluding hydrogens is 532 g/mol. The van der Waals surface area contributed by atoms with Gasteiger partial charge in [-0.25, -0.2) is 9.48 Å². The Morgan fingerprint density at radius 1 is 1.15 bits per heavy atom. The molecule has 0 spiro atoms. The smallest absolute Gasteiger partial charge is 0.330 e. The fraction of sp³-hybridized carbons (Fsp3) is 0.263. The number of nitriles is 1. The van der Waals surface area contributed by atoms with Gasteiger partial charge in [0.2, 0.25) is 0 Å². The third kappa shape index (κ3) is 4.57. The van der Waals surface area contributed by atoms with E-state index in [2.05, 4.69) is 9.84 Å². The van der Waals surface area contributed by atoms with Crippen molar-refractivity contribution < 1.29 is 38.5 Å². The summed E-state index contributed by atoms with van der Waals surface area (Å²) in [7, 11) is -7.93. The molecule has 0 radical (unpaired) electrons. The summed E-state index contributed by atoms with van der Waals surface area (Å²) in [4.78, 5) is 21.8. The van der Waals surface area contributed by atoms with E-state index in [-0.39, 0.29) is 41.9 Å². The molecule has 1 aliphatic carbocycles. The molecule has 15 heteroatoms. The van der Waals surface area contributed by atoms with E-state index in [0.29, 0.717) is 0 Å². The van der Waals surface area contributed by atoms with Gasteiger partial charge in [-0.1, -0.05) is 42.6 Å². The van der Waals surface area contributed by atoms with Crippen LogP contribution in [0.25, 0.3) is 11.8 Å². The molecular formula is C19H14Cl2F5N3O4S. The summed E-state index contributed by atoms with van der Waals surface area (Å²) in [6, 6.07) is 1.74. The van der Waals surface area contributed by atoms with Crippen LogP contribution in [0.15, 0.2) is 23.1 Å². The highest BCUT2D eigenvalue weighted by atomic mass is 35.5. The number of methoxy groups -OCH3 is 2. The van der Waals surface area contributed by atoms with E-state index >= 15 is 0 Å². The Bertz CT molecular complexity index is 1280. The van der Waals surface area contributed by atoms with Crippen molar-refractivity contribution in [2.24, 2.45) is 0 Å². The van der Waals surface area contributed by atoms with Crippen LogP contribution in [0.2, 0.25) is 10.0 Å². The lowest BCUT2D eigenvalue weighted by Gasteiger charge is -2.40. The van der Waals surface area contributed by atoms with Gasteiger partial charge in [-0.3, -0.25) is 4.79 Å². The minimum atomic E-state index is -10.1. The minimum absolute atomic E-state index is 0.00549. The van der Waals surface area contributed by atoms with Crippen molar-refractivity contribution in [1.82, 2.24) is 9.78 Å². The van der Waals surface area contributed by atoms with Gasteiger partial charge in [-0.15, -0.1) is 0 Å². The predicted octanol–water partition coefficient (Wildman–Crippen LogP) is 6.10. The first-order chi connectivity index (χ1) is 15.5. The van der Waals surface area contributed by atoms with Crippen LogP contribution in [0.3, 0.4) is 0 Å². The molecule has 0 aliphatic heterocycles. The number of hydrogen-bond acceptors (Lipinski definition) is 6. The zero-order valence-corrected chi connectivity index (χ0v) is 19.6. The molecule has 1 saturated carbocycles. The molecule has 7 nitrogen and oxygen atoms in total. The van der Waals surface area contributed by atoms with Crippen LogP contribution in [0.4, 0.5) is 19.4 Å². The molecule has 1 fully saturated rings. The summed E-state index contributed by atoms with van der Waals surface area (Å²) < 4.78 is 76.6. The van der Waals surface area contributed by atoms with Gasteiger partial charge in [-0.2, -0.15) is 10.4 Å². The first-order valence-electron chi connectivity index (χ1n) is 9.10. The predicted molar refractivity (Wildman–Crippen MR) is 114 cm³/mol. The normalized spacial score (nSPS) is 16.9. The van der Waals surface area contributed by atoms with Crippen LogP contribution >= 0.6 is 33.4 Å². The van der Waals surface area contributed by atoms with E-state index in [9.17, 15) is 34.3 Å². The van der Waals surface area contributed by atoms with E-state index in [1.807, 2.05) is 0 Å². The molecule has 2 aromatic rings. The summed E-state index contributed by atoms with van der Waals surface area (Å²) in [5.41, 5.74) is -2.27. The van der Waals surface area contributed by atoms with Crippen molar-refractivity contribution in [3.05, 3.63) is 45.2 Å². The van der Waals surface area contributed by atoms with Crippen molar-refractivity contribution in [1.29, 1.82) is 5.26 Å². The van der Waals surface area contributed by atoms with Gasteiger partial charge in [0.15, 0.2) is 5.69 Å². The maximum absolute atomic E-state index is 13.3. The van der Waals surface area contributed by atoms with Gasteiger partial charge < -0.3 is 9.47 Å². The number of aromatic nitrogens is 2. The fourth-order valence-corrected chi connectivity index (χ4v) is 4.82. The van der Waals surface area contributed by atoms with E-state index in [1.54, 1.807) is 6.07 Å². The molecule has 0 unspecified atom stereocenters. The summed E-state index contributed by atoms with van der Waals surface area (Å²) in [5, 5.41) is 11.9. The average Bonchev–Trinajstić information content (AvgIpc) is 3.45. The molecule has 0 amide bonds. The fourth-order valence-electron chi connectivity index (χ4n) is 3.36. The summed E-state index contributed by atoms with van der Waals surface area (Å²) in [5.74, 6) is -1.57. The van der Waals surface area contributed by atoms with E-state index in [0.717, 1.165) is 31.1 Å². The van der Waals surface area contributed by atoms with Crippen LogP contribution in [0, 0.1) is 11.3 Å². The van der Waals surface area contributed by atoms with Gasteiger partial charge in [0.25, 0.3) is 0 Å². The molecule has 1 aromatic carbocycles. The molecule has 1 heterocycles. The zero-order valence-electron chi connectivity index (χ0n) is 17.3. The number of hydrogen-bond donors (Lipinski definition) is 0. The third-order valence-electron chi connectivity index (χ3n) is 5.06. The monoisotopic (exact) mass is 545 g/mol. The summed E-state index contributed by atoms with van der Waals surface area (Å²) >= 11 is 11.9. The van der Waals surface area contributed by atoms with Gasteiger partial charge in [0.05, 0.1) is 35.4 Å². The van der Waals surface area contributed by atoms with Crippen LogP contribution in [0.5, 0.6) is 0 Å². The lowest BCUT2D eigenvalue weighted by Crippen LogP contribution is -2.23. The van der Waals surface area contributed by atoms with Crippen LogP contribution in [-0.2, 0) is 24.5 Å². The maximum Gasteiger partial charge on any atom is 0.330 e. The second-order valence-corrected chi connectivity index (χ2v) is 10.5. The van der Waals surface area contributed by atoms with E-state index < -0.39 is 48.2 Å². The highest BCUT2D eigenvalue weighted by Gasteiger charge is 2.65. The Morgan fingerprint density at radius 2 is 1.71 bits per heavy atom. The Labute approximate surface area is 199 Å². The average molecular weight is 546 g/mol. The number of ether oxygens (including phenoxy) is 2. The Hall–Kier alpha value is -2.82. The Balaban J connectivity index is 2.37. The number of rotatable bonds is 6. The number of benzene rings is 1. The lowest BCUT2D eigenvalue weighted by atomic mass is 9.93. The van der Waals surface area contributed by atoms with Crippen LogP contribution < -0.4 is 0 Å². The van der Waals surface area contributed by atoms with Gasteiger partial charge in [0, 0.05) is 11.6 Å². The zero-order chi connectivity index (χ0) is 25.8. The molecule has 1 aromatic heterocycles. The molecule has 0 atom stereocenters. The molecule has 3 rings (SSSR count). The number of carbonyl (C=O) groups is 2. The van der Waals surface area contributed by atoms with Gasteiger partial charge in [0.1, 0.15) is 16.7 Å². The summed E-state index contributed by atoms with van der Waals surface area (Å²) in [6.07, 6.45) is 2.47. The number of carbonyl (C=O) groups excluding carboxylic acids is 2. The summed E-state index contributed by atoms with van der Waals surface area (Å²) in [6.45, 7) is 0. The second-order valence-electron chi connectivity index (χ2n) is 7.27. The number of halogens is 7. The highest BCUT2D eigenvalue weighted by Crippen LogP contribution is 3.02. The van der Waals surface area contributed by atoms with Crippen molar-refractivity contribution in [3.8, 4) is 11.8 Å². The number of nitrogens with zero attached hydrogens (tertiary/aromatic N) is 3. The number of esters is 2. The first kappa shape index (κ1) is 25.8. The Kier molecular flexibility index (Phi) is 5.76. The molecule has 184 valence electrons. The van der Waals surface area contributed by atoms with Gasteiger partial charge >= 0.3 is 22.2 Å². The molecule has 0 bridgehead atoms. The van der Waals surface area contributed by atoms with Gasteiger partial charge in [-0.05, 0) is 31.1 Å². The molecule has 0 saturated heterocycles. The van der Waals surface area contributed by atoms with Crippen LogP contribution in [-0.4, -0.2) is 35.9 Å². The largest absolute Gasteiger partial charge is 0.468 e. The van der Waals surface area contributed by atoms with Crippen LogP contribution in [0.1, 0.15) is 29.8 Å². The third-order valence-corrected chi connectivity index (χ3v) is 6.76. The van der Waals surface area contributed by atoms with Crippen molar-refractivity contribution >= 4 is 51.4 Å². The van der Waals surface area contributed by atoms with Crippen molar-refractivity contribution in [2.75, 3.05) is 14.2 Å². The quantitative estimate of drug-likeness (QED) is 0.247. The first-order valence-corrected chi connectivity index (χ1v) is 11.8. The topological polar surface area (TPSA) is 94.2 Å². The molecule has 0 N–H and O–H groups in total. The molecule has 34 heavy (non-hydrogen) atoms. The second kappa shape index (κ2) is 7.59. The highest BCUT2D eigenvalue weighted by molar-refractivity contribution is 8.45. The van der Waals surface area contributed by atoms with E-state index in [1.165, 1.54) is 0 Å².